The van der Waals surface area contributed by atoms with E-state index < -0.39 is 0 Å². The summed E-state index contributed by atoms with van der Waals surface area (Å²) in [5.74, 6) is 1.37. The first-order chi connectivity index (χ1) is 7.16. The van der Waals surface area contributed by atoms with Gasteiger partial charge in [-0.05, 0) is 42.5 Å². The molecule has 2 heteroatoms. The van der Waals surface area contributed by atoms with Crippen molar-refractivity contribution in [3.05, 3.63) is 35.1 Å². The number of hydrogen-bond donors (Lipinski definition) is 1. The monoisotopic (exact) mass is 205 g/mol. The number of rotatable bonds is 1. The molecule has 0 radical (unpaired) electrons. The second-order valence-electron chi connectivity index (χ2n) is 5.03. The molecule has 1 aliphatic heterocycles. The number of benzene rings is 1. The Kier molecular flexibility index (Phi) is 1.76. The maximum atomic E-state index is 13.5. The normalized spacial score (nSPS) is 37.8. The van der Waals surface area contributed by atoms with Crippen LogP contribution in [0.15, 0.2) is 18.2 Å². The summed E-state index contributed by atoms with van der Waals surface area (Å²) in [6.45, 7) is 6.21. The van der Waals surface area contributed by atoms with E-state index in [1.165, 1.54) is 5.56 Å². The molecular weight excluding hydrogens is 189 g/mol. The van der Waals surface area contributed by atoms with Gasteiger partial charge < -0.3 is 5.32 Å². The number of halogens is 1. The Labute approximate surface area is 89.7 Å². The molecule has 3 rings (SSSR count). The number of piperidine rings is 1. The number of aryl methyl sites for hydroxylation is 1. The summed E-state index contributed by atoms with van der Waals surface area (Å²) in [4.78, 5) is 0. The minimum Gasteiger partial charge on any atom is -0.316 e. The lowest BCUT2D eigenvalue weighted by Crippen LogP contribution is -2.22. The summed E-state index contributed by atoms with van der Waals surface area (Å²) in [5, 5.41) is 3.40. The Morgan fingerprint density at radius 3 is 2.87 bits per heavy atom. The molecule has 1 aromatic carbocycles. The van der Waals surface area contributed by atoms with Crippen LogP contribution < -0.4 is 5.32 Å². The van der Waals surface area contributed by atoms with Crippen molar-refractivity contribution in [1.82, 2.24) is 5.32 Å². The van der Waals surface area contributed by atoms with Crippen LogP contribution in [-0.4, -0.2) is 13.1 Å². The van der Waals surface area contributed by atoms with E-state index in [4.69, 9.17) is 0 Å². The van der Waals surface area contributed by atoms with Crippen molar-refractivity contribution in [2.24, 2.45) is 11.8 Å². The van der Waals surface area contributed by atoms with E-state index >= 15 is 0 Å². The number of fused-ring (bicyclic) bond motifs is 1. The Bertz CT molecular complexity index is 415. The summed E-state index contributed by atoms with van der Waals surface area (Å²) >= 11 is 0. The van der Waals surface area contributed by atoms with E-state index in [0.29, 0.717) is 5.92 Å². The Morgan fingerprint density at radius 1 is 1.47 bits per heavy atom. The van der Waals surface area contributed by atoms with E-state index in [2.05, 4.69) is 18.3 Å². The Hall–Kier alpha value is -0.890. The molecule has 1 aliphatic carbocycles. The van der Waals surface area contributed by atoms with Gasteiger partial charge in [-0.3, -0.25) is 0 Å². The molecule has 1 heterocycles. The van der Waals surface area contributed by atoms with E-state index in [-0.39, 0.29) is 11.2 Å². The minimum absolute atomic E-state index is 0.0633. The van der Waals surface area contributed by atoms with Crippen LogP contribution in [0.25, 0.3) is 0 Å². The van der Waals surface area contributed by atoms with Gasteiger partial charge in [0.25, 0.3) is 0 Å². The summed E-state index contributed by atoms with van der Waals surface area (Å²) in [6, 6.07) is 5.74. The van der Waals surface area contributed by atoms with Gasteiger partial charge in [0.1, 0.15) is 5.82 Å². The molecule has 0 spiro atoms. The topological polar surface area (TPSA) is 12.0 Å². The molecule has 1 nitrogen and oxygen atoms in total. The quantitative estimate of drug-likeness (QED) is 0.741. The predicted molar refractivity (Wildman–Crippen MR) is 58.3 cm³/mol. The van der Waals surface area contributed by atoms with Gasteiger partial charge in [-0.1, -0.05) is 19.1 Å². The van der Waals surface area contributed by atoms with Gasteiger partial charge >= 0.3 is 0 Å². The zero-order valence-electron chi connectivity index (χ0n) is 9.18. The van der Waals surface area contributed by atoms with Crippen molar-refractivity contribution in [3.63, 3.8) is 0 Å². The average molecular weight is 205 g/mol. The van der Waals surface area contributed by atoms with Gasteiger partial charge in [0.05, 0.1) is 0 Å². The predicted octanol–water partition coefficient (Wildman–Crippen LogP) is 2.24. The van der Waals surface area contributed by atoms with Crippen LogP contribution in [0.1, 0.15) is 18.1 Å². The maximum Gasteiger partial charge on any atom is 0.126 e. The third-order valence-corrected chi connectivity index (χ3v) is 4.46. The highest BCUT2D eigenvalue weighted by atomic mass is 19.1. The molecule has 1 saturated carbocycles. The molecule has 80 valence electrons. The van der Waals surface area contributed by atoms with Crippen molar-refractivity contribution >= 4 is 0 Å². The molecule has 1 N–H and O–H groups in total. The van der Waals surface area contributed by atoms with Crippen LogP contribution in [0.5, 0.6) is 0 Å². The zero-order valence-corrected chi connectivity index (χ0v) is 9.18. The van der Waals surface area contributed by atoms with Crippen LogP contribution in [0.2, 0.25) is 0 Å². The zero-order chi connectivity index (χ0) is 10.6. The molecule has 0 bridgehead atoms. The van der Waals surface area contributed by atoms with Crippen LogP contribution in [0.3, 0.4) is 0 Å². The smallest absolute Gasteiger partial charge is 0.126 e. The lowest BCUT2D eigenvalue weighted by molar-refractivity contribution is 0.578. The van der Waals surface area contributed by atoms with Crippen LogP contribution >= 0.6 is 0 Å². The molecule has 0 amide bonds. The van der Waals surface area contributed by atoms with Crippen molar-refractivity contribution < 1.29 is 4.39 Å². The summed E-state index contributed by atoms with van der Waals surface area (Å²) in [5.41, 5.74) is 2.17. The fourth-order valence-electron chi connectivity index (χ4n) is 3.27. The summed E-state index contributed by atoms with van der Waals surface area (Å²) in [6.07, 6.45) is 0. The molecule has 2 fully saturated rings. The van der Waals surface area contributed by atoms with Crippen molar-refractivity contribution in [1.29, 1.82) is 0 Å². The van der Waals surface area contributed by atoms with Gasteiger partial charge in [-0.2, -0.15) is 0 Å². The Balaban J connectivity index is 2.03. The third-order valence-electron chi connectivity index (χ3n) is 4.46. The summed E-state index contributed by atoms with van der Waals surface area (Å²) in [7, 11) is 0. The van der Waals surface area contributed by atoms with Gasteiger partial charge in [0, 0.05) is 12.0 Å². The Morgan fingerprint density at radius 2 is 2.27 bits per heavy atom. The third kappa shape index (κ3) is 1.06. The lowest BCUT2D eigenvalue weighted by Gasteiger charge is -2.14. The molecule has 1 unspecified atom stereocenters. The van der Waals surface area contributed by atoms with Crippen LogP contribution in [0, 0.1) is 24.6 Å². The van der Waals surface area contributed by atoms with E-state index in [0.717, 1.165) is 24.6 Å². The SMILES string of the molecule is Cc1ccc(C23CNC[C@@H]2[C@H]3C)cc1F. The van der Waals surface area contributed by atoms with Gasteiger partial charge in [0.15, 0.2) is 0 Å². The van der Waals surface area contributed by atoms with Gasteiger partial charge in [-0.25, -0.2) is 4.39 Å². The van der Waals surface area contributed by atoms with Crippen LogP contribution in [-0.2, 0) is 5.41 Å². The fourth-order valence-corrected chi connectivity index (χ4v) is 3.27. The maximum absolute atomic E-state index is 13.5. The molecule has 1 saturated heterocycles. The summed E-state index contributed by atoms with van der Waals surface area (Å²) < 4.78 is 13.5. The average Bonchev–Trinajstić information content (AvgIpc) is 2.64. The largest absolute Gasteiger partial charge is 0.316 e. The van der Waals surface area contributed by atoms with Crippen molar-refractivity contribution in [2.45, 2.75) is 19.3 Å². The van der Waals surface area contributed by atoms with Crippen LogP contribution in [0.4, 0.5) is 4.39 Å². The highest BCUT2D eigenvalue weighted by Gasteiger charge is 2.64. The van der Waals surface area contributed by atoms with Crippen molar-refractivity contribution in [2.75, 3.05) is 13.1 Å². The second kappa shape index (κ2) is 2.82. The van der Waals surface area contributed by atoms with Crippen molar-refractivity contribution in [3.8, 4) is 0 Å². The molecule has 2 aliphatic rings. The molecule has 15 heavy (non-hydrogen) atoms. The first-order valence-electron chi connectivity index (χ1n) is 5.63. The fraction of sp³-hybridized carbons (Fsp3) is 0.538. The molecule has 1 aromatic rings. The van der Waals surface area contributed by atoms with E-state index in [1.807, 2.05) is 13.0 Å². The van der Waals surface area contributed by atoms with E-state index in [1.54, 1.807) is 6.07 Å². The molecular formula is C13H16FN. The first kappa shape index (κ1) is 9.34. The van der Waals surface area contributed by atoms with Gasteiger partial charge in [-0.15, -0.1) is 0 Å². The number of nitrogens with one attached hydrogen (secondary N) is 1. The molecule has 0 aromatic heterocycles. The van der Waals surface area contributed by atoms with Gasteiger partial charge in [0.2, 0.25) is 0 Å². The lowest BCUT2D eigenvalue weighted by atomic mass is 9.92. The minimum atomic E-state index is -0.0633. The standard InChI is InChI=1S/C13H16FN/c1-8-3-4-10(5-12(8)14)13-7-15-6-11(13)9(13)2/h3-5,9,11,15H,6-7H2,1-2H3/t9-,11-,13?/m1/s1. The van der Waals surface area contributed by atoms with E-state index in [9.17, 15) is 4.39 Å². The first-order valence-corrected chi connectivity index (χ1v) is 5.63. The molecule has 3 atom stereocenters. The highest BCUT2D eigenvalue weighted by molar-refractivity contribution is 5.40. The highest BCUT2D eigenvalue weighted by Crippen LogP contribution is 2.61. The number of hydrogen-bond acceptors (Lipinski definition) is 1. The second-order valence-corrected chi connectivity index (χ2v) is 5.03.